The number of thioether (sulfide) groups is 1. The molecular weight excluding hydrogens is 260 g/mol. The molecule has 0 fully saturated rings. The Morgan fingerprint density at radius 1 is 1.05 bits per heavy atom. The van der Waals surface area contributed by atoms with Gasteiger partial charge in [0.2, 0.25) is 0 Å². The zero-order valence-corrected chi connectivity index (χ0v) is 13.0. The van der Waals surface area contributed by atoms with Crippen LogP contribution in [0.3, 0.4) is 0 Å². The third-order valence-electron chi connectivity index (χ3n) is 4.15. The third kappa shape index (κ3) is 3.09. The average molecular weight is 282 g/mol. The monoisotopic (exact) mass is 282 g/mol. The van der Waals surface area contributed by atoms with Gasteiger partial charge in [0.15, 0.2) is 0 Å². The fraction of sp³-hybridized carbons (Fsp3) is 0.368. The zero-order chi connectivity index (χ0) is 13.8. The van der Waals surface area contributed by atoms with Gasteiger partial charge >= 0.3 is 0 Å². The zero-order valence-electron chi connectivity index (χ0n) is 12.1. The molecule has 104 valence electrons. The van der Waals surface area contributed by atoms with Crippen molar-refractivity contribution in [2.75, 3.05) is 5.75 Å². The van der Waals surface area contributed by atoms with E-state index in [4.69, 9.17) is 0 Å². The molecule has 0 N–H and O–H groups in total. The number of hydrogen-bond acceptors (Lipinski definition) is 1. The standard InChI is InChI=1S/C19H22S/c1-2-3-6-15-9-11-16(12-10-15)18-13-17-7-4-5-8-19(17)20-14-18/h4-5,7-12,18H,2-3,6,13-14H2,1H3/t18-/m1/s1. The van der Waals surface area contributed by atoms with E-state index in [0.29, 0.717) is 5.92 Å². The Morgan fingerprint density at radius 2 is 1.85 bits per heavy atom. The van der Waals surface area contributed by atoms with Crippen LogP contribution in [0.2, 0.25) is 0 Å². The van der Waals surface area contributed by atoms with Crippen molar-refractivity contribution >= 4 is 11.8 Å². The summed E-state index contributed by atoms with van der Waals surface area (Å²) >= 11 is 2.01. The largest absolute Gasteiger partial charge is 0.125 e. The first-order valence-corrected chi connectivity index (χ1v) is 8.65. The van der Waals surface area contributed by atoms with E-state index in [9.17, 15) is 0 Å². The number of hydrogen-bond donors (Lipinski definition) is 0. The average Bonchev–Trinajstić information content (AvgIpc) is 2.53. The summed E-state index contributed by atoms with van der Waals surface area (Å²) < 4.78 is 0. The topological polar surface area (TPSA) is 0 Å². The minimum absolute atomic E-state index is 0.676. The lowest BCUT2D eigenvalue weighted by Gasteiger charge is -2.24. The minimum Gasteiger partial charge on any atom is -0.125 e. The van der Waals surface area contributed by atoms with E-state index in [1.54, 1.807) is 0 Å². The van der Waals surface area contributed by atoms with Crippen molar-refractivity contribution in [3.05, 3.63) is 65.2 Å². The molecule has 1 heteroatoms. The fourth-order valence-electron chi connectivity index (χ4n) is 2.88. The van der Waals surface area contributed by atoms with Crippen molar-refractivity contribution < 1.29 is 0 Å². The SMILES string of the molecule is CCCCc1ccc([C@H]2CSc3ccccc3C2)cc1. The molecular formula is C19H22S. The van der Waals surface area contributed by atoms with Gasteiger partial charge in [0.1, 0.15) is 0 Å². The van der Waals surface area contributed by atoms with Gasteiger partial charge in [0.25, 0.3) is 0 Å². The Kier molecular flexibility index (Phi) is 4.47. The molecule has 2 aromatic carbocycles. The fourth-order valence-corrected chi connectivity index (χ4v) is 4.08. The summed E-state index contributed by atoms with van der Waals surface area (Å²) in [6.07, 6.45) is 4.99. The molecule has 1 aliphatic rings. The van der Waals surface area contributed by atoms with Gasteiger partial charge in [0.05, 0.1) is 0 Å². The predicted octanol–water partition coefficient (Wildman–Crippen LogP) is 5.46. The summed E-state index contributed by atoms with van der Waals surface area (Å²) in [5.41, 5.74) is 4.51. The van der Waals surface area contributed by atoms with Gasteiger partial charge in [0, 0.05) is 10.6 Å². The lowest BCUT2D eigenvalue weighted by Crippen LogP contribution is -2.11. The summed E-state index contributed by atoms with van der Waals surface area (Å²) in [7, 11) is 0. The van der Waals surface area contributed by atoms with Gasteiger partial charge in [-0.1, -0.05) is 55.8 Å². The third-order valence-corrected chi connectivity index (χ3v) is 5.43. The van der Waals surface area contributed by atoms with E-state index in [0.717, 1.165) is 0 Å². The molecule has 0 saturated heterocycles. The van der Waals surface area contributed by atoms with Crippen LogP contribution in [0.15, 0.2) is 53.4 Å². The molecule has 0 spiro atoms. The quantitative estimate of drug-likeness (QED) is 0.717. The number of aryl methyl sites for hydroxylation is 1. The van der Waals surface area contributed by atoms with E-state index in [1.807, 2.05) is 11.8 Å². The molecule has 1 heterocycles. The lowest BCUT2D eigenvalue weighted by molar-refractivity contribution is 0.743. The van der Waals surface area contributed by atoms with Crippen molar-refractivity contribution in [2.45, 2.75) is 43.4 Å². The normalized spacial score (nSPS) is 17.8. The number of rotatable bonds is 4. The number of unbranched alkanes of at least 4 members (excludes halogenated alkanes) is 1. The molecule has 3 rings (SSSR count). The summed E-state index contributed by atoms with van der Waals surface area (Å²) in [5, 5.41) is 0. The van der Waals surface area contributed by atoms with Crippen LogP contribution in [0.1, 0.15) is 42.4 Å². The molecule has 1 atom stereocenters. The number of benzene rings is 2. The van der Waals surface area contributed by atoms with Gasteiger partial charge in [-0.15, -0.1) is 11.8 Å². The first kappa shape index (κ1) is 13.8. The van der Waals surface area contributed by atoms with Gasteiger partial charge in [-0.25, -0.2) is 0 Å². The van der Waals surface area contributed by atoms with E-state index in [1.165, 1.54) is 53.0 Å². The van der Waals surface area contributed by atoms with Crippen LogP contribution < -0.4 is 0 Å². The smallest absolute Gasteiger partial charge is 0.0104 e. The second-order valence-electron chi connectivity index (χ2n) is 5.66. The van der Waals surface area contributed by atoms with Gasteiger partial charge in [-0.2, -0.15) is 0 Å². The maximum atomic E-state index is 2.35. The molecule has 0 amide bonds. The molecule has 20 heavy (non-hydrogen) atoms. The molecule has 0 bridgehead atoms. The Morgan fingerprint density at radius 3 is 2.65 bits per heavy atom. The van der Waals surface area contributed by atoms with Crippen LogP contribution in [0, 0.1) is 0 Å². The highest BCUT2D eigenvalue weighted by Crippen LogP contribution is 2.37. The van der Waals surface area contributed by atoms with Gasteiger partial charge < -0.3 is 0 Å². The Bertz CT molecular complexity index is 556. The molecule has 0 aliphatic carbocycles. The highest BCUT2D eigenvalue weighted by Gasteiger charge is 2.20. The van der Waals surface area contributed by atoms with E-state index in [-0.39, 0.29) is 0 Å². The predicted molar refractivity (Wildman–Crippen MR) is 88.7 cm³/mol. The first-order chi connectivity index (χ1) is 9.86. The van der Waals surface area contributed by atoms with E-state index in [2.05, 4.69) is 55.5 Å². The van der Waals surface area contributed by atoms with Crippen LogP contribution in [0.25, 0.3) is 0 Å². The molecule has 0 aromatic heterocycles. The van der Waals surface area contributed by atoms with E-state index < -0.39 is 0 Å². The molecule has 0 unspecified atom stereocenters. The first-order valence-electron chi connectivity index (χ1n) is 7.66. The Labute approximate surface area is 126 Å². The van der Waals surface area contributed by atoms with Crippen molar-refractivity contribution in [1.82, 2.24) is 0 Å². The maximum absolute atomic E-state index is 2.35. The van der Waals surface area contributed by atoms with Gasteiger partial charge in [-0.05, 0) is 47.9 Å². The van der Waals surface area contributed by atoms with Crippen molar-refractivity contribution in [3.8, 4) is 0 Å². The summed E-state index contributed by atoms with van der Waals surface area (Å²) in [4.78, 5) is 1.48. The van der Waals surface area contributed by atoms with Crippen LogP contribution in [0.4, 0.5) is 0 Å². The van der Waals surface area contributed by atoms with Crippen LogP contribution in [0.5, 0.6) is 0 Å². The summed E-state index contributed by atoms with van der Waals surface area (Å²) in [6.45, 7) is 2.26. The Hall–Kier alpha value is -1.21. The van der Waals surface area contributed by atoms with Crippen LogP contribution >= 0.6 is 11.8 Å². The van der Waals surface area contributed by atoms with Crippen LogP contribution in [-0.2, 0) is 12.8 Å². The highest BCUT2D eigenvalue weighted by molar-refractivity contribution is 7.99. The molecule has 1 aliphatic heterocycles. The van der Waals surface area contributed by atoms with Gasteiger partial charge in [-0.3, -0.25) is 0 Å². The van der Waals surface area contributed by atoms with E-state index >= 15 is 0 Å². The summed E-state index contributed by atoms with van der Waals surface area (Å²) in [6, 6.07) is 18.2. The molecule has 0 radical (unpaired) electrons. The molecule has 0 nitrogen and oxygen atoms in total. The molecule has 0 saturated carbocycles. The maximum Gasteiger partial charge on any atom is 0.0104 e. The second-order valence-corrected chi connectivity index (χ2v) is 6.73. The highest BCUT2D eigenvalue weighted by atomic mass is 32.2. The lowest BCUT2D eigenvalue weighted by atomic mass is 9.92. The van der Waals surface area contributed by atoms with Crippen LogP contribution in [-0.4, -0.2) is 5.75 Å². The molecule has 2 aromatic rings. The van der Waals surface area contributed by atoms with Crippen molar-refractivity contribution in [1.29, 1.82) is 0 Å². The second kappa shape index (κ2) is 6.49. The summed E-state index contributed by atoms with van der Waals surface area (Å²) in [5.74, 6) is 1.89. The minimum atomic E-state index is 0.676. The van der Waals surface area contributed by atoms with Crippen molar-refractivity contribution in [3.63, 3.8) is 0 Å². The Balaban J connectivity index is 1.71. The number of fused-ring (bicyclic) bond motifs is 1. The van der Waals surface area contributed by atoms with Crippen molar-refractivity contribution in [2.24, 2.45) is 0 Å².